The second-order valence-electron chi connectivity index (χ2n) is 6.15. The molecule has 0 spiro atoms. The molecule has 0 aliphatic carbocycles. The highest BCUT2D eigenvalue weighted by atomic mass is 15.2. The first kappa shape index (κ1) is 14.1. The number of pyridine rings is 1. The zero-order valence-corrected chi connectivity index (χ0v) is 12.9. The minimum absolute atomic E-state index is 0.395. The van der Waals surface area contributed by atoms with Gasteiger partial charge < -0.3 is 10.3 Å². The Labute approximate surface area is 126 Å². The van der Waals surface area contributed by atoms with Crippen LogP contribution in [0.2, 0.25) is 0 Å². The van der Waals surface area contributed by atoms with Crippen molar-refractivity contribution in [3.8, 4) is 0 Å². The minimum Gasteiger partial charge on any atom is -0.372 e. The highest BCUT2D eigenvalue weighted by molar-refractivity contribution is 5.85. The molecule has 1 aromatic carbocycles. The van der Waals surface area contributed by atoms with Gasteiger partial charge in [-0.2, -0.15) is 0 Å². The largest absolute Gasteiger partial charge is 0.372 e. The molecule has 0 radical (unpaired) electrons. The Balaban J connectivity index is 2.03. The molecule has 112 valence electrons. The number of aromatic nitrogens is 1. The SMILES string of the molecule is CC(C)c1cc2cc(N3CCCCC3)ccc2nc1NN. The molecule has 4 nitrogen and oxygen atoms in total. The van der Waals surface area contributed by atoms with Crippen molar-refractivity contribution in [2.45, 2.75) is 39.0 Å². The van der Waals surface area contributed by atoms with E-state index in [-0.39, 0.29) is 0 Å². The number of nitrogens with one attached hydrogen (secondary N) is 1. The number of nitrogen functional groups attached to an aromatic ring is 1. The summed E-state index contributed by atoms with van der Waals surface area (Å²) in [7, 11) is 0. The van der Waals surface area contributed by atoms with Gasteiger partial charge in [0.1, 0.15) is 5.82 Å². The molecule has 4 heteroatoms. The van der Waals surface area contributed by atoms with Crippen LogP contribution in [0.1, 0.15) is 44.6 Å². The van der Waals surface area contributed by atoms with Gasteiger partial charge in [0.15, 0.2) is 0 Å². The van der Waals surface area contributed by atoms with Crippen molar-refractivity contribution in [2.75, 3.05) is 23.4 Å². The molecule has 2 heterocycles. The summed E-state index contributed by atoms with van der Waals surface area (Å²) in [6.45, 7) is 6.66. The predicted molar refractivity (Wildman–Crippen MR) is 89.7 cm³/mol. The van der Waals surface area contributed by atoms with Crippen molar-refractivity contribution >= 4 is 22.4 Å². The molecule has 0 saturated carbocycles. The van der Waals surface area contributed by atoms with Crippen LogP contribution in [0.5, 0.6) is 0 Å². The summed E-state index contributed by atoms with van der Waals surface area (Å²) in [6.07, 6.45) is 3.95. The summed E-state index contributed by atoms with van der Waals surface area (Å²) in [6, 6.07) is 8.76. The zero-order valence-electron chi connectivity index (χ0n) is 12.9. The van der Waals surface area contributed by atoms with Crippen LogP contribution in [0.4, 0.5) is 11.5 Å². The number of piperidine rings is 1. The fourth-order valence-corrected chi connectivity index (χ4v) is 3.08. The van der Waals surface area contributed by atoms with Gasteiger partial charge in [0.2, 0.25) is 0 Å². The van der Waals surface area contributed by atoms with E-state index in [2.05, 4.69) is 53.4 Å². The number of benzene rings is 1. The molecule has 2 aromatic rings. The fraction of sp³-hybridized carbons (Fsp3) is 0.471. The molecule has 1 aliphatic rings. The van der Waals surface area contributed by atoms with Gasteiger partial charge in [0.05, 0.1) is 5.52 Å². The summed E-state index contributed by atoms with van der Waals surface area (Å²) in [4.78, 5) is 7.13. The molecule has 1 fully saturated rings. The van der Waals surface area contributed by atoms with Gasteiger partial charge in [0.25, 0.3) is 0 Å². The third-order valence-electron chi connectivity index (χ3n) is 4.31. The van der Waals surface area contributed by atoms with Crippen molar-refractivity contribution in [2.24, 2.45) is 5.84 Å². The molecule has 0 unspecified atom stereocenters. The van der Waals surface area contributed by atoms with Crippen LogP contribution >= 0.6 is 0 Å². The Bertz CT molecular complexity index is 630. The van der Waals surface area contributed by atoms with Gasteiger partial charge in [-0.15, -0.1) is 0 Å². The molecular formula is C17H24N4. The van der Waals surface area contributed by atoms with E-state index < -0.39 is 0 Å². The Morgan fingerprint density at radius 1 is 1.14 bits per heavy atom. The molecule has 0 amide bonds. The molecule has 1 aliphatic heterocycles. The lowest BCUT2D eigenvalue weighted by molar-refractivity contribution is 0.578. The van der Waals surface area contributed by atoms with Crippen molar-refractivity contribution in [1.82, 2.24) is 4.98 Å². The predicted octanol–water partition coefficient (Wildman–Crippen LogP) is 3.63. The average molecular weight is 284 g/mol. The number of fused-ring (bicyclic) bond motifs is 1. The van der Waals surface area contributed by atoms with E-state index in [0.29, 0.717) is 5.92 Å². The standard InChI is InChI=1S/C17H24N4/c1-12(2)15-11-13-10-14(21-8-4-3-5-9-21)6-7-16(13)19-17(15)20-18/h6-7,10-12H,3-5,8-9,18H2,1-2H3,(H,19,20). The van der Waals surface area contributed by atoms with Gasteiger partial charge in [-0.1, -0.05) is 13.8 Å². The second kappa shape index (κ2) is 5.90. The number of nitrogens with zero attached hydrogens (tertiary/aromatic N) is 2. The number of rotatable bonds is 3. The molecule has 0 atom stereocenters. The van der Waals surface area contributed by atoms with Crippen molar-refractivity contribution < 1.29 is 0 Å². The van der Waals surface area contributed by atoms with Crippen molar-refractivity contribution in [1.29, 1.82) is 0 Å². The molecule has 0 bridgehead atoms. The third kappa shape index (κ3) is 2.81. The Morgan fingerprint density at radius 2 is 1.90 bits per heavy atom. The van der Waals surface area contributed by atoms with Crippen LogP contribution in [0.3, 0.4) is 0 Å². The van der Waals surface area contributed by atoms with Crippen LogP contribution < -0.4 is 16.2 Å². The smallest absolute Gasteiger partial charge is 0.144 e. The van der Waals surface area contributed by atoms with Crippen molar-refractivity contribution in [3.63, 3.8) is 0 Å². The summed E-state index contributed by atoms with van der Waals surface area (Å²) in [5, 5.41) is 1.20. The Morgan fingerprint density at radius 3 is 2.57 bits per heavy atom. The zero-order chi connectivity index (χ0) is 14.8. The maximum absolute atomic E-state index is 5.61. The summed E-state index contributed by atoms with van der Waals surface area (Å²) < 4.78 is 0. The van der Waals surface area contributed by atoms with Crippen LogP contribution in [0, 0.1) is 0 Å². The van der Waals surface area contributed by atoms with Gasteiger partial charge in [-0.25, -0.2) is 10.8 Å². The van der Waals surface area contributed by atoms with E-state index in [9.17, 15) is 0 Å². The van der Waals surface area contributed by atoms with Gasteiger partial charge >= 0.3 is 0 Å². The molecule has 3 N–H and O–H groups in total. The van der Waals surface area contributed by atoms with Gasteiger partial charge in [-0.3, -0.25) is 0 Å². The average Bonchev–Trinajstić information content (AvgIpc) is 2.53. The lowest BCUT2D eigenvalue weighted by atomic mass is 10.0. The Kier molecular flexibility index (Phi) is 3.97. The van der Waals surface area contributed by atoms with E-state index >= 15 is 0 Å². The van der Waals surface area contributed by atoms with Crippen LogP contribution in [-0.4, -0.2) is 18.1 Å². The normalized spacial score (nSPS) is 15.7. The topological polar surface area (TPSA) is 54.2 Å². The number of anilines is 2. The summed E-state index contributed by atoms with van der Waals surface area (Å²) >= 11 is 0. The van der Waals surface area contributed by atoms with E-state index in [4.69, 9.17) is 5.84 Å². The van der Waals surface area contributed by atoms with Crippen LogP contribution in [-0.2, 0) is 0 Å². The monoisotopic (exact) mass is 284 g/mol. The van der Waals surface area contributed by atoms with Gasteiger partial charge in [0, 0.05) is 24.2 Å². The van der Waals surface area contributed by atoms with E-state index in [1.807, 2.05) is 0 Å². The fourth-order valence-electron chi connectivity index (χ4n) is 3.08. The second-order valence-corrected chi connectivity index (χ2v) is 6.15. The first-order chi connectivity index (χ1) is 10.2. The highest BCUT2D eigenvalue weighted by Crippen LogP contribution is 2.29. The molecule has 21 heavy (non-hydrogen) atoms. The summed E-state index contributed by atoms with van der Waals surface area (Å²) in [5.41, 5.74) is 6.20. The lowest BCUT2D eigenvalue weighted by Gasteiger charge is -2.29. The third-order valence-corrected chi connectivity index (χ3v) is 4.31. The van der Waals surface area contributed by atoms with Gasteiger partial charge in [-0.05, 0) is 55.0 Å². The van der Waals surface area contributed by atoms with E-state index in [0.717, 1.165) is 11.3 Å². The summed E-state index contributed by atoms with van der Waals surface area (Å²) in [5.74, 6) is 6.78. The molecule has 1 aromatic heterocycles. The Hall–Kier alpha value is -1.81. The number of nitrogens with two attached hydrogens (primary N) is 1. The maximum Gasteiger partial charge on any atom is 0.144 e. The lowest BCUT2D eigenvalue weighted by Crippen LogP contribution is -2.29. The van der Waals surface area contributed by atoms with E-state index in [1.54, 1.807) is 0 Å². The number of hydrazine groups is 1. The molecule has 1 saturated heterocycles. The quantitative estimate of drug-likeness (QED) is 0.667. The van der Waals surface area contributed by atoms with E-state index in [1.165, 1.54) is 49.0 Å². The maximum atomic E-state index is 5.61. The minimum atomic E-state index is 0.395. The van der Waals surface area contributed by atoms with Crippen LogP contribution in [0.25, 0.3) is 10.9 Å². The highest BCUT2D eigenvalue weighted by Gasteiger charge is 2.13. The molecular weight excluding hydrogens is 260 g/mol. The number of hydrogen-bond donors (Lipinski definition) is 2. The first-order valence-electron chi connectivity index (χ1n) is 7.85. The molecule has 3 rings (SSSR count). The van der Waals surface area contributed by atoms with Crippen molar-refractivity contribution in [3.05, 3.63) is 29.8 Å². The number of hydrogen-bond acceptors (Lipinski definition) is 4. The van der Waals surface area contributed by atoms with Crippen LogP contribution in [0.15, 0.2) is 24.3 Å². The first-order valence-corrected chi connectivity index (χ1v) is 7.85.